The van der Waals surface area contributed by atoms with Crippen molar-refractivity contribution < 1.29 is 4.39 Å². The Morgan fingerprint density at radius 2 is 1.71 bits per heavy atom. The normalized spacial score (nSPS) is 21.3. The van der Waals surface area contributed by atoms with Crippen LogP contribution < -0.4 is 11.1 Å². The zero-order valence-electron chi connectivity index (χ0n) is 11.2. The SMILES string of the molecule is Cc1cc(NC2C(C)(C)C2(C)C)c(N)cc1F. The molecule has 3 heteroatoms. The molecule has 2 rings (SSSR count). The van der Waals surface area contributed by atoms with Gasteiger partial charge in [0.15, 0.2) is 0 Å². The molecule has 1 fully saturated rings. The van der Waals surface area contributed by atoms with Gasteiger partial charge < -0.3 is 11.1 Å². The Labute approximate surface area is 102 Å². The summed E-state index contributed by atoms with van der Waals surface area (Å²) in [6.45, 7) is 10.7. The van der Waals surface area contributed by atoms with Crippen molar-refractivity contribution in [3.63, 3.8) is 0 Å². The van der Waals surface area contributed by atoms with Crippen LogP contribution in [0.5, 0.6) is 0 Å². The molecule has 1 aromatic carbocycles. The van der Waals surface area contributed by atoms with Gasteiger partial charge in [0.25, 0.3) is 0 Å². The van der Waals surface area contributed by atoms with Crippen LogP contribution in [0.4, 0.5) is 15.8 Å². The van der Waals surface area contributed by atoms with E-state index >= 15 is 0 Å². The minimum absolute atomic E-state index is 0.238. The molecule has 0 radical (unpaired) electrons. The number of halogens is 1. The number of anilines is 2. The van der Waals surface area contributed by atoms with E-state index in [9.17, 15) is 4.39 Å². The molecule has 3 N–H and O–H groups in total. The van der Waals surface area contributed by atoms with Crippen LogP contribution in [0.3, 0.4) is 0 Å². The largest absolute Gasteiger partial charge is 0.397 e. The van der Waals surface area contributed by atoms with E-state index in [0.29, 0.717) is 17.3 Å². The molecule has 1 saturated carbocycles. The van der Waals surface area contributed by atoms with E-state index in [0.717, 1.165) is 5.69 Å². The average molecular weight is 236 g/mol. The van der Waals surface area contributed by atoms with E-state index in [2.05, 4.69) is 33.0 Å². The van der Waals surface area contributed by atoms with Gasteiger partial charge in [0, 0.05) is 6.04 Å². The van der Waals surface area contributed by atoms with Gasteiger partial charge >= 0.3 is 0 Å². The van der Waals surface area contributed by atoms with E-state index < -0.39 is 0 Å². The fourth-order valence-corrected chi connectivity index (χ4v) is 2.53. The molecule has 0 amide bonds. The van der Waals surface area contributed by atoms with Gasteiger partial charge in [-0.2, -0.15) is 0 Å². The molecule has 0 heterocycles. The van der Waals surface area contributed by atoms with E-state index in [1.54, 1.807) is 13.0 Å². The summed E-state index contributed by atoms with van der Waals surface area (Å²) in [6, 6.07) is 3.55. The van der Waals surface area contributed by atoms with Gasteiger partial charge in [-0.1, -0.05) is 27.7 Å². The molecule has 0 atom stereocenters. The van der Waals surface area contributed by atoms with Gasteiger partial charge in [0.2, 0.25) is 0 Å². The van der Waals surface area contributed by atoms with E-state index in [4.69, 9.17) is 5.73 Å². The quantitative estimate of drug-likeness (QED) is 0.770. The summed E-state index contributed by atoms with van der Waals surface area (Å²) in [7, 11) is 0. The first-order valence-electron chi connectivity index (χ1n) is 6.00. The minimum atomic E-state index is -0.248. The molecule has 0 aromatic heterocycles. The van der Waals surface area contributed by atoms with E-state index in [1.807, 2.05) is 0 Å². The van der Waals surface area contributed by atoms with E-state index in [-0.39, 0.29) is 16.6 Å². The third-order valence-electron chi connectivity index (χ3n) is 4.65. The van der Waals surface area contributed by atoms with Crippen molar-refractivity contribution in [2.45, 2.75) is 40.7 Å². The lowest BCUT2D eigenvalue weighted by Crippen LogP contribution is -2.12. The predicted molar refractivity (Wildman–Crippen MR) is 70.5 cm³/mol. The number of rotatable bonds is 2. The summed E-state index contributed by atoms with van der Waals surface area (Å²) < 4.78 is 13.3. The van der Waals surface area contributed by atoms with Crippen LogP contribution in [0.1, 0.15) is 33.3 Å². The zero-order chi connectivity index (χ0) is 13.0. The Bertz CT molecular complexity index is 450. The van der Waals surface area contributed by atoms with Crippen LogP contribution in [0, 0.1) is 23.6 Å². The molecular formula is C14H21FN2. The second-order valence-corrected chi connectivity index (χ2v) is 6.21. The van der Waals surface area contributed by atoms with Crippen LogP contribution >= 0.6 is 0 Å². The van der Waals surface area contributed by atoms with Crippen molar-refractivity contribution in [1.29, 1.82) is 0 Å². The molecular weight excluding hydrogens is 215 g/mol. The minimum Gasteiger partial charge on any atom is -0.397 e. The topological polar surface area (TPSA) is 38.0 Å². The maximum absolute atomic E-state index is 13.3. The van der Waals surface area contributed by atoms with Crippen molar-refractivity contribution >= 4 is 11.4 Å². The highest BCUT2D eigenvalue weighted by Crippen LogP contribution is 2.63. The molecule has 0 aliphatic heterocycles. The molecule has 0 saturated heterocycles. The third-order valence-corrected chi connectivity index (χ3v) is 4.65. The van der Waals surface area contributed by atoms with Crippen molar-refractivity contribution in [2.24, 2.45) is 10.8 Å². The maximum Gasteiger partial charge on any atom is 0.128 e. The fourth-order valence-electron chi connectivity index (χ4n) is 2.53. The lowest BCUT2D eigenvalue weighted by atomic mass is 10.0. The zero-order valence-corrected chi connectivity index (χ0v) is 11.2. The molecule has 1 aromatic rings. The van der Waals surface area contributed by atoms with Crippen LogP contribution in [0.25, 0.3) is 0 Å². The smallest absolute Gasteiger partial charge is 0.128 e. The highest BCUT2D eigenvalue weighted by Gasteiger charge is 2.65. The van der Waals surface area contributed by atoms with Gasteiger partial charge in [-0.25, -0.2) is 4.39 Å². The number of nitrogen functional groups attached to an aromatic ring is 1. The second kappa shape index (κ2) is 3.37. The first kappa shape index (κ1) is 12.2. The molecule has 0 unspecified atom stereocenters. The lowest BCUT2D eigenvalue weighted by molar-refractivity contribution is 0.457. The summed E-state index contributed by atoms with van der Waals surface area (Å²) in [5.74, 6) is -0.248. The van der Waals surface area contributed by atoms with Crippen LogP contribution in [-0.2, 0) is 0 Å². The fraction of sp³-hybridized carbons (Fsp3) is 0.571. The van der Waals surface area contributed by atoms with Gasteiger partial charge in [-0.05, 0) is 35.4 Å². The van der Waals surface area contributed by atoms with Crippen LogP contribution in [-0.4, -0.2) is 6.04 Å². The van der Waals surface area contributed by atoms with E-state index in [1.165, 1.54) is 6.07 Å². The maximum atomic E-state index is 13.3. The number of hydrogen-bond acceptors (Lipinski definition) is 2. The molecule has 17 heavy (non-hydrogen) atoms. The van der Waals surface area contributed by atoms with Gasteiger partial charge in [0.05, 0.1) is 11.4 Å². The molecule has 0 bridgehead atoms. The molecule has 94 valence electrons. The van der Waals surface area contributed by atoms with Gasteiger partial charge in [0.1, 0.15) is 5.82 Å². The highest BCUT2D eigenvalue weighted by molar-refractivity contribution is 5.68. The van der Waals surface area contributed by atoms with Gasteiger partial charge in [-0.15, -0.1) is 0 Å². The molecule has 1 aliphatic rings. The van der Waals surface area contributed by atoms with Crippen LogP contribution in [0.2, 0.25) is 0 Å². The highest BCUT2D eigenvalue weighted by atomic mass is 19.1. The summed E-state index contributed by atoms with van der Waals surface area (Å²) in [6.07, 6.45) is 0. The lowest BCUT2D eigenvalue weighted by Gasteiger charge is -2.12. The summed E-state index contributed by atoms with van der Waals surface area (Å²) in [5.41, 5.74) is 8.26. The van der Waals surface area contributed by atoms with Crippen molar-refractivity contribution in [3.05, 3.63) is 23.5 Å². The Kier molecular flexibility index (Phi) is 2.42. The second-order valence-electron chi connectivity index (χ2n) is 6.21. The first-order chi connectivity index (χ1) is 7.68. The summed E-state index contributed by atoms with van der Waals surface area (Å²) in [4.78, 5) is 0. The summed E-state index contributed by atoms with van der Waals surface area (Å²) in [5, 5.41) is 3.44. The molecule has 0 spiro atoms. The van der Waals surface area contributed by atoms with Gasteiger partial charge in [-0.3, -0.25) is 0 Å². The van der Waals surface area contributed by atoms with Crippen molar-refractivity contribution in [3.8, 4) is 0 Å². The van der Waals surface area contributed by atoms with Crippen molar-refractivity contribution in [1.82, 2.24) is 0 Å². The Morgan fingerprint density at radius 1 is 1.18 bits per heavy atom. The predicted octanol–water partition coefficient (Wildman–Crippen LogP) is 3.56. The Morgan fingerprint density at radius 3 is 2.18 bits per heavy atom. The number of benzene rings is 1. The third kappa shape index (κ3) is 1.68. The summed E-state index contributed by atoms with van der Waals surface area (Å²) >= 11 is 0. The first-order valence-corrected chi connectivity index (χ1v) is 6.00. The number of aryl methyl sites for hydroxylation is 1. The Hall–Kier alpha value is -1.25. The standard InChI is InChI=1S/C14H21FN2/c1-8-6-11(10(16)7-9(8)15)17-12-13(2,3)14(12,4)5/h6-7,12,17H,16H2,1-5H3. The molecule has 2 nitrogen and oxygen atoms in total. The Balaban J connectivity index is 2.25. The number of nitrogens with one attached hydrogen (secondary N) is 1. The monoisotopic (exact) mass is 236 g/mol. The number of hydrogen-bond donors (Lipinski definition) is 2. The van der Waals surface area contributed by atoms with Crippen LogP contribution in [0.15, 0.2) is 12.1 Å². The number of nitrogens with two attached hydrogens (primary N) is 1. The average Bonchev–Trinajstić information content (AvgIpc) is 2.57. The van der Waals surface area contributed by atoms with Crippen molar-refractivity contribution in [2.75, 3.05) is 11.1 Å². The molecule has 1 aliphatic carbocycles.